The van der Waals surface area contributed by atoms with Crippen LogP contribution in [-0.2, 0) is 24.0 Å². The van der Waals surface area contributed by atoms with Crippen LogP contribution >= 0.6 is 0 Å². The highest BCUT2D eigenvalue weighted by atomic mass is 16.3. The molecule has 1 saturated heterocycles. The van der Waals surface area contributed by atoms with Gasteiger partial charge in [-0.25, -0.2) is 0 Å². The van der Waals surface area contributed by atoms with Crippen molar-refractivity contribution in [1.82, 2.24) is 26.6 Å². The van der Waals surface area contributed by atoms with Gasteiger partial charge in [0.1, 0.15) is 24.2 Å². The molecule has 0 bridgehead atoms. The summed E-state index contributed by atoms with van der Waals surface area (Å²) in [5.41, 5.74) is 0.607. The van der Waals surface area contributed by atoms with Crippen LogP contribution in [0.5, 0.6) is 0 Å². The fourth-order valence-electron chi connectivity index (χ4n) is 3.74. The summed E-state index contributed by atoms with van der Waals surface area (Å²) in [6.07, 6.45) is -1.21. The average Bonchev–Trinajstić information content (AvgIpc) is 2.86. The third-order valence-corrected chi connectivity index (χ3v) is 5.89. The van der Waals surface area contributed by atoms with Gasteiger partial charge in [0.25, 0.3) is 0 Å². The number of carbonyl (C=O) groups excluding carboxylic acids is 5. The Kier molecular flexibility index (Phi) is 10.8. The van der Waals surface area contributed by atoms with Gasteiger partial charge in [-0.05, 0) is 25.3 Å². The number of benzene rings is 1. The van der Waals surface area contributed by atoms with Crippen LogP contribution in [0, 0.1) is 0 Å². The normalized spacial score (nSPS) is 27.7. The maximum atomic E-state index is 12.9. The predicted octanol–water partition coefficient (Wildman–Crippen LogP) is -1.62. The van der Waals surface area contributed by atoms with Gasteiger partial charge in [-0.15, -0.1) is 0 Å². The molecule has 1 aromatic carbocycles. The van der Waals surface area contributed by atoms with E-state index >= 15 is 0 Å². The molecule has 198 valence electrons. The lowest BCUT2D eigenvalue weighted by molar-refractivity contribution is -0.137. The molecule has 1 aliphatic rings. The second kappa shape index (κ2) is 13.5. The number of carbonyl (C=O) groups is 5. The molecule has 7 N–H and O–H groups in total. The number of hydrogen-bond donors (Lipinski definition) is 7. The molecule has 0 radical (unpaired) electrons. The Labute approximate surface area is 209 Å². The third-order valence-electron chi connectivity index (χ3n) is 5.89. The van der Waals surface area contributed by atoms with E-state index in [1.807, 2.05) is 0 Å². The fraction of sp³-hybridized carbons (Fsp3) is 0.542. The minimum atomic E-state index is -1.40. The standard InChI is InChI=1S/C24H35N5O7/c1-4-15-22(34)29-20(13(3)31)24(36)26-16(5-2)21(33)28-18(12-30)23(35)27-17(11-19(32)25-15)14-9-7-6-8-10-14/h6-10,13,15-18,20,30-31H,4-5,11-12H2,1-3H3,(H,25,32)(H,26,36)(H,27,35)(H,28,33)(H,29,34)/t13-,15-,16-,17+,18-,20+/m0/s1. The maximum Gasteiger partial charge on any atom is 0.245 e. The maximum absolute atomic E-state index is 12.9. The van der Waals surface area contributed by atoms with Crippen LogP contribution in [-0.4, -0.2) is 76.6 Å². The Balaban J connectivity index is 2.44. The van der Waals surface area contributed by atoms with Gasteiger partial charge in [0.2, 0.25) is 29.5 Å². The lowest BCUT2D eigenvalue weighted by Gasteiger charge is -2.28. The van der Waals surface area contributed by atoms with E-state index in [1.165, 1.54) is 6.92 Å². The van der Waals surface area contributed by atoms with Crippen LogP contribution < -0.4 is 26.6 Å². The molecule has 12 nitrogen and oxygen atoms in total. The van der Waals surface area contributed by atoms with Gasteiger partial charge >= 0.3 is 0 Å². The molecule has 36 heavy (non-hydrogen) atoms. The second-order valence-corrected chi connectivity index (χ2v) is 8.64. The Bertz CT molecular complexity index is 940. The average molecular weight is 506 g/mol. The van der Waals surface area contributed by atoms with Crippen molar-refractivity contribution in [2.75, 3.05) is 6.61 Å². The first-order valence-electron chi connectivity index (χ1n) is 12.0. The number of amides is 5. The molecule has 0 aromatic heterocycles. The molecule has 5 amide bonds. The highest BCUT2D eigenvalue weighted by Gasteiger charge is 2.33. The molecule has 12 heteroatoms. The van der Waals surface area contributed by atoms with E-state index in [0.29, 0.717) is 5.56 Å². The molecule has 0 aliphatic carbocycles. The van der Waals surface area contributed by atoms with Gasteiger partial charge in [-0.1, -0.05) is 44.2 Å². The van der Waals surface area contributed by atoms with E-state index in [0.717, 1.165) is 0 Å². The molecule has 1 aliphatic heterocycles. The summed E-state index contributed by atoms with van der Waals surface area (Å²) in [6.45, 7) is 3.88. The molecule has 2 rings (SSSR count). The Morgan fingerprint density at radius 3 is 1.86 bits per heavy atom. The van der Waals surface area contributed by atoms with Crippen molar-refractivity contribution in [3.63, 3.8) is 0 Å². The van der Waals surface area contributed by atoms with Crippen molar-refractivity contribution in [3.05, 3.63) is 35.9 Å². The molecule has 0 unspecified atom stereocenters. The molecule has 1 aromatic rings. The second-order valence-electron chi connectivity index (χ2n) is 8.64. The molecular weight excluding hydrogens is 470 g/mol. The Hall–Kier alpha value is -3.51. The monoisotopic (exact) mass is 505 g/mol. The van der Waals surface area contributed by atoms with Crippen LogP contribution in [0.15, 0.2) is 30.3 Å². The zero-order valence-corrected chi connectivity index (χ0v) is 20.6. The Morgan fingerprint density at radius 1 is 0.778 bits per heavy atom. The largest absolute Gasteiger partial charge is 0.394 e. The zero-order valence-electron chi connectivity index (χ0n) is 20.6. The molecule has 1 heterocycles. The van der Waals surface area contributed by atoms with Crippen LogP contribution in [0.1, 0.15) is 51.6 Å². The van der Waals surface area contributed by atoms with E-state index in [4.69, 9.17) is 0 Å². The fourth-order valence-corrected chi connectivity index (χ4v) is 3.74. The van der Waals surface area contributed by atoms with Crippen LogP contribution in [0.4, 0.5) is 0 Å². The number of hydrogen-bond acceptors (Lipinski definition) is 7. The minimum Gasteiger partial charge on any atom is -0.394 e. The van der Waals surface area contributed by atoms with Gasteiger partial charge < -0.3 is 36.8 Å². The van der Waals surface area contributed by atoms with E-state index in [2.05, 4.69) is 26.6 Å². The van der Waals surface area contributed by atoms with Crippen molar-refractivity contribution in [2.24, 2.45) is 0 Å². The third kappa shape index (κ3) is 7.75. The minimum absolute atomic E-state index is 0.137. The summed E-state index contributed by atoms with van der Waals surface area (Å²) in [4.78, 5) is 64.3. The molecular formula is C24H35N5O7. The van der Waals surface area contributed by atoms with E-state index < -0.39 is 72.5 Å². The SMILES string of the molecule is CC[C@@H]1NC(=O)C[C@H](c2ccccc2)NC(=O)[C@H](CO)NC(=O)[C@H](CC)NC(=O)[C@@H]([C@H](C)O)NC1=O. The molecule has 0 saturated carbocycles. The van der Waals surface area contributed by atoms with E-state index in [9.17, 15) is 34.2 Å². The first kappa shape index (κ1) is 28.7. The van der Waals surface area contributed by atoms with Gasteiger partial charge in [-0.2, -0.15) is 0 Å². The smallest absolute Gasteiger partial charge is 0.245 e. The Morgan fingerprint density at radius 2 is 1.31 bits per heavy atom. The van der Waals surface area contributed by atoms with Crippen molar-refractivity contribution in [3.8, 4) is 0 Å². The molecule has 0 spiro atoms. The quantitative estimate of drug-likeness (QED) is 0.250. The van der Waals surface area contributed by atoms with Crippen molar-refractivity contribution >= 4 is 29.5 Å². The van der Waals surface area contributed by atoms with Crippen molar-refractivity contribution < 1.29 is 34.2 Å². The summed E-state index contributed by atoms with van der Waals surface area (Å²) < 4.78 is 0. The summed E-state index contributed by atoms with van der Waals surface area (Å²) in [7, 11) is 0. The topological polar surface area (TPSA) is 186 Å². The first-order valence-corrected chi connectivity index (χ1v) is 12.0. The van der Waals surface area contributed by atoms with Crippen molar-refractivity contribution in [2.45, 2.75) is 76.3 Å². The van der Waals surface area contributed by atoms with Crippen LogP contribution in [0.3, 0.4) is 0 Å². The van der Waals surface area contributed by atoms with Gasteiger partial charge in [0.15, 0.2) is 0 Å². The lowest BCUT2D eigenvalue weighted by Crippen LogP contribution is -2.61. The van der Waals surface area contributed by atoms with Gasteiger partial charge in [-0.3, -0.25) is 24.0 Å². The summed E-state index contributed by atoms with van der Waals surface area (Å²) in [5.74, 6) is -3.51. The highest BCUT2D eigenvalue weighted by Crippen LogP contribution is 2.17. The van der Waals surface area contributed by atoms with Gasteiger partial charge in [0.05, 0.1) is 25.2 Å². The van der Waals surface area contributed by atoms with Gasteiger partial charge in [0, 0.05) is 0 Å². The number of nitrogens with one attached hydrogen (secondary N) is 5. The summed E-state index contributed by atoms with van der Waals surface area (Å²) >= 11 is 0. The molecule has 1 fully saturated rings. The van der Waals surface area contributed by atoms with Crippen LogP contribution in [0.2, 0.25) is 0 Å². The van der Waals surface area contributed by atoms with E-state index in [1.54, 1.807) is 44.2 Å². The number of aliphatic hydroxyl groups is 2. The van der Waals surface area contributed by atoms with Crippen molar-refractivity contribution in [1.29, 1.82) is 0 Å². The predicted molar refractivity (Wildman–Crippen MR) is 129 cm³/mol. The highest BCUT2D eigenvalue weighted by molar-refractivity contribution is 5.96. The van der Waals surface area contributed by atoms with Crippen LogP contribution in [0.25, 0.3) is 0 Å². The zero-order chi connectivity index (χ0) is 26.8. The lowest BCUT2D eigenvalue weighted by atomic mass is 10.0. The number of aliphatic hydroxyl groups excluding tert-OH is 2. The first-order chi connectivity index (χ1) is 17.1. The molecule has 6 atom stereocenters. The van der Waals surface area contributed by atoms with E-state index in [-0.39, 0.29) is 19.3 Å². The summed E-state index contributed by atoms with van der Waals surface area (Å²) in [5, 5.41) is 32.5. The number of rotatable bonds is 5. The summed E-state index contributed by atoms with van der Waals surface area (Å²) in [6, 6.07) is 2.99.